The first-order valence-electron chi connectivity index (χ1n) is 7.09. The zero-order valence-corrected chi connectivity index (χ0v) is 13.0. The van der Waals surface area contributed by atoms with E-state index in [0.29, 0.717) is 11.3 Å². The molecule has 1 heterocycles. The molecule has 0 radical (unpaired) electrons. The molecule has 3 aromatic rings. The average Bonchev–Trinajstić information content (AvgIpc) is 2.62. The fourth-order valence-electron chi connectivity index (χ4n) is 2.37. The van der Waals surface area contributed by atoms with Gasteiger partial charge in [0.1, 0.15) is 6.10 Å². The van der Waals surface area contributed by atoms with Crippen LogP contribution in [0.1, 0.15) is 17.4 Å². The molecule has 1 atom stereocenters. The van der Waals surface area contributed by atoms with E-state index in [9.17, 15) is 13.5 Å². The number of aliphatic hydroxyl groups excluding tert-OH is 1. The normalized spacial score (nSPS) is 12.7. The molecule has 0 amide bonds. The van der Waals surface area contributed by atoms with Crippen molar-refractivity contribution < 1.29 is 13.5 Å². The van der Waals surface area contributed by atoms with Gasteiger partial charge in [0, 0.05) is 11.8 Å². The zero-order valence-electron chi connectivity index (χ0n) is 12.2. The Morgan fingerprint density at radius 3 is 2.17 bits per heavy atom. The minimum Gasteiger partial charge on any atom is -0.382 e. The zero-order chi connectivity index (χ0) is 16.3. The number of nitrogens with zero attached hydrogens (tertiary/aromatic N) is 1. The molecule has 4 nitrogen and oxygen atoms in total. The first-order valence-corrected chi connectivity index (χ1v) is 8.57. The summed E-state index contributed by atoms with van der Waals surface area (Å²) in [5.41, 5.74) is 0.721. The van der Waals surface area contributed by atoms with E-state index < -0.39 is 15.9 Å². The summed E-state index contributed by atoms with van der Waals surface area (Å²) in [6, 6.07) is 19.8. The molecule has 2 aromatic carbocycles. The summed E-state index contributed by atoms with van der Waals surface area (Å²) in [7, 11) is -3.71. The van der Waals surface area contributed by atoms with Gasteiger partial charge in [-0.2, -0.15) is 0 Å². The summed E-state index contributed by atoms with van der Waals surface area (Å²) in [5, 5.41) is 10.6. The van der Waals surface area contributed by atoms with E-state index >= 15 is 0 Å². The van der Waals surface area contributed by atoms with Gasteiger partial charge in [0.2, 0.25) is 9.84 Å². The van der Waals surface area contributed by atoms with Gasteiger partial charge in [0.25, 0.3) is 0 Å². The maximum atomic E-state index is 12.9. The molecule has 1 unspecified atom stereocenters. The third-order valence-corrected chi connectivity index (χ3v) is 5.37. The predicted molar refractivity (Wildman–Crippen MR) is 86.6 cm³/mol. The van der Waals surface area contributed by atoms with Crippen molar-refractivity contribution in [3.63, 3.8) is 0 Å². The highest BCUT2D eigenvalue weighted by molar-refractivity contribution is 7.91. The van der Waals surface area contributed by atoms with Crippen LogP contribution in [0.15, 0.2) is 88.8 Å². The van der Waals surface area contributed by atoms with Crippen LogP contribution in [0.4, 0.5) is 0 Å². The summed E-state index contributed by atoms with van der Waals surface area (Å²) in [6.45, 7) is 0. The number of pyridine rings is 1. The van der Waals surface area contributed by atoms with E-state index in [1.807, 2.05) is 0 Å². The monoisotopic (exact) mass is 325 g/mol. The minimum atomic E-state index is -3.71. The lowest BCUT2D eigenvalue weighted by atomic mass is 10.1. The standard InChI is InChI=1S/C18H15NO3S/c20-18(16-11-6-7-13-19-16)15-10-4-5-12-17(15)23(21,22)14-8-2-1-3-9-14/h1-13,18,20H. The Bertz CT molecular complexity index is 894. The fourth-order valence-corrected chi connectivity index (χ4v) is 3.89. The Morgan fingerprint density at radius 2 is 1.48 bits per heavy atom. The average molecular weight is 325 g/mol. The largest absolute Gasteiger partial charge is 0.382 e. The second-order valence-electron chi connectivity index (χ2n) is 5.01. The van der Waals surface area contributed by atoms with Crippen molar-refractivity contribution in [1.82, 2.24) is 4.98 Å². The first kappa shape index (κ1) is 15.4. The molecule has 5 heteroatoms. The topological polar surface area (TPSA) is 67.3 Å². The Labute approximate surface area is 135 Å². The van der Waals surface area contributed by atoms with Crippen LogP contribution in [0.2, 0.25) is 0 Å². The van der Waals surface area contributed by atoms with E-state index in [4.69, 9.17) is 0 Å². The molecule has 1 N–H and O–H groups in total. The Balaban J connectivity index is 2.12. The SMILES string of the molecule is O=S(=O)(c1ccccc1)c1ccccc1C(O)c1ccccn1. The summed E-state index contributed by atoms with van der Waals surface area (Å²) in [5.74, 6) is 0. The van der Waals surface area contributed by atoms with Crippen LogP contribution in [-0.2, 0) is 9.84 Å². The highest BCUT2D eigenvalue weighted by atomic mass is 32.2. The first-order chi connectivity index (χ1) is 11.1. The molecule has 0 aliphatic rings. The molecule has 0 fully saturated rings. The van der Waals surface area contributed by atoms with E-state index in [-0.39, 0.29) is 9.79 Å². The summed E-state index contributed by atoms with van der Waals surface area (Å²) in [6.07, 6.45) is 0.457. The lowest BCUT2D eigenvalue weighted by Gasteiger charge is -2.15. The van der Waals surface area contributed by atoms with E-state index in [0.717, 1.165) is 0 Å². The van der Waals surface area contributed by atoms with Crippen LogP contribution < -0.4 is 0 Å². The van der Waals surface area contributed by atoms with Gasteiger partial charge in [0.05, 0.1) is 15.5 Å². The number of benzene rings is 2. The van der Waals surface area contributed by atoms with Gasteiger partial charge >= 0.3 is 0 Å². The molecular weight excluding hydrogens is 310 g/mol. The van der Waals surface area contributed by atoms with E-state index in [1.165, 1.54) is 6.07 Å². The third kappa shape index (κ3) is 3.02. The number of rotatable bonds is 4. The highest BCUT2D eigenvalue weighted by Gasteiger charge is 2.25. The molecule has 116 valence electrons. The van der Waals surface area contributed by atoms with Crippen molar-refractivity contribution in [3.05, 3.63) is 90.3 Å². The second-order valence-corrected chi connectivity index (χ2v) is 6.93. The van der Waals surface area contributed by atoms with Crippen molar-refractivity contribution >= 4 is 9.84 Å². The van der Waals surface area contributed by atoms with Crippen molar-refractivity contribution in [2.75, 3.05) is 0 Å². The quantitative estimate of drug-likeness (QED) is 0.801. The number of aliphatic hydroxyl groups is 1. The summed E-state index contributed by atoms with van der Waals surface area (Å²) < 4.78 is 25.7. The third-order valence-electron chi connectivity index (χ3n) is 3.52. The lowest BCUT2D eigenvalue weighted by Crippen LogP contribution is -2.10. The van der Waals surface area contributed by atoms with Gasteiger partial charge in [-0.25, -0.2) is 8.42 Å². The number of hydrogen-bond acceptors (Lipinski definition) is 4. The number of aromatic nitrogens is 1. The summed E-state index contributed by atoms with van der Waals surface area (Å²) in [4.78, 5) is 4.39. The molecule has 23 heavy (non-hydrogen) atoms. The van der Waals surface area contributed by atoms with Crippen LogP contribution in [-0.4, -0.2) is 18.5 Å². The van der Waals surface area contributed by atoms with Gasteiger partial charge in [0.15, 0.2) is 0 Å². The van der Waals surface area contributed by atoms with Gasteiger partial charge < -0.3 is 5.11 Å². The smallest absolute Gasteiger partial charge is 0.206 e. The Hall–Kier alpha value is -2.50. The molecule has 0 saturated heterocycles. The lowest BCUT2D eigenvalue weighted by molar-refractivity contribution is 0.212. The van der Waals surface area contributed by atoms with Crippen molar-refractivity contribution in [1.29, 1.82) is 0 Å². The van der Waals surface area contributed by atoms with Crippen molar-refractivity contribution in [3.8, 4) is 0 Å². The predicted octanol–water partition coefficient (Wildman–Crippen LogP) is 3.00. The minimum absolute atomic E-state index is 0.0874. The van der Waals surface area contributed by atoms with Crippen molar-refractivity contribution in [2.45, 2.75) is 15.9 Å². The molecule has 1 aromatic heterocycles. The van der Waals surface area contributed by atoms with Gasteiger partial charge in [-0.1, -0.05) is 42.5 Å². The van der Waals surface area contributed by atoms with E-state index in [2.05, 4.69) is 4.98 Å². The molecular formula is C18H15NO3S. The number of hydrogen-bond donors (Lipinski definition) is 1. The molecule has 3 rings (SSSR count). The van der Waals surface area contributed by atoms with Gasteiger partial charge in [-0.05, 0) is 30.3 Å². The number of sulfone groups is 1. The fraction of sp³-hybridized carbons (Fsp3) is 0.0556. The van der Waals surface area contributed by atoms with Crippen molar-refractivity contribution in [2.24, 2.45) is 0 Å². The molecule has 0 spiro atoms. The Morgan fingerprint density at radius 1 is 0.826 bits per heavy atom. The van der Waals surface area contributed by atoms with Crippen LogP contribution >= 0.6 is 0 Å². The second kappa shape index (κ2) is 6.32. The molecule has 0 aliphatic heterocycles. The van der Waals surface area contributed by atoms with Crippen LogP contribution in [0, 0.1) is 0 Å². The molecule has 0 aliphatic carbocycles. The van der Waals surface area contributed by atoms with Crippen LogP contribution in [0.25, 0.3) is 0 Å². The molecule has 0 saturated carbocycles. The Kier molecular flexibility index (Phi) is 4.23. The van der Waals surface area contributed by atoms with Crippen LogP contribution in [0.3, 0.4) is 0 Å². The van der Waals surface area contributed by atoms with Gasteiger partial charge in [-0.15, -0.1) is 0 Å². The highest BCUT2D eigenvalue weighted by Crippen LogP contribution is 2.30. The molecule has 0 bridgehead atoms. The van der Waals surface area contributed by atoms with E-state index in [1.54, 1.807) is 72.9 Å². The van der Waals surface area contributed by atoms with Crippen LogP contribution in [0.5, 0.6) is 0 Å². The van der Waals surface area contributed by atoms with Gasteiger partial charge in [-0.3, -0.25) is 4.98 Å². The maximum Gasteiger partial charge on any atom is 0.206 e. The summed E-state index contributed by atoms with van der Waals surface area (Å²) >= 11 is 0. The maximum absolute atomic E-state index is 12.9.